The molecule has 8 heteroatoms. The fourth-order valence-corrected chi connectivity index (χ4v) is 2.58. The van der Waals surface area contributed by atoms with Gasteiger partial charge < -0.3 is 0 Å². The van der Waals surface area contributed by atoms with E-state index in [9.17, 15) is 4.79 Å². The number of nitrogens with zero attached hydrogens (tertiary/aromatic N) is 7. The van der Waals surface area contributed by atoms with Gasteiger partial charge in [0.15, 0.2) is 0 Å². The van der Waals surface area contributed by atoms with Crippen LogP contribution in [0.2, 0.25) is 0 Å². The maximum absolute atomic E-state index is 12.5. The molecule has 3 aromatic heterocycles. The lowest BCUT2D eigenvalue weighted by Gasteiger charge is -2.07. The van der Waals surface area contributed by atoms with E-state index in [0.717, 1.165) is 10.2 Å². The van der Waals surface area contributed by atoms with Crippen molar-refractivity contribution in [1.82, 2.24) is 28.9 Å². The molecule has 0 aliphatic heterocycles. The highest BCUT2D eigenvalue weighted by atomic mass is 16.1. The Morgan fingerprint density at radius 2 is 2.09 bits per heavy atom. The molecule has 4 aromatic rings. The van der Waals surface area contributed by atoms with E-state index in [2.05, 4.69) is 15.3 Å². The van der Waals surface area contributed by atoms with E-state index in [1.165, 1.54) is 10.8 Å². The molecule has 22 heavy (non-hydrogen) atoms. The second-order valence-corrected chi connectivity index (χ2v) is 4.82. The van der Waals surface area contributed by atoms with Gasteiger partial charge in [0.25, 0.3) is 5.56 Å². The quantitative estimate of drug-likeness (QED) is 0.516. The van der Waals surface area contributed by atoms with Crippen molar-refractivity contribution >= 4 is 16.6 Å². The molecular weight excluding hydrogens is 282 g/mol. The minimum Gasteiger partial charge on any atom is -0.295 e. The molecule has 106 valence electrons. The minimum absolute atomic E-state index is 0.113. The average Bonchev–Trinajstić information content (AvgIpc) is 3.19. The number of aryl methyl sites for hydroxylation is 1. The van der Waals surface area contributed by atoms with Gasteiger partial charge in [0, 0.05) is 7.05 Å². The van der Waals surface area contributed by atoms with E-state index in [1.807, 2.05) is 28.8 Å². The van der Waals surface area contributed by atoms with Crippen molar-refractivity contribution in [2.75, 3.05) is 0 Å². The maximum atomic E-state index is 12.5. The maximum Gasteiger partial charge on any atom is 0.261 e. The van der Waals surface area contributed by atoms with Crippen molar-refractivity contribution in [1.29, 1.82) is 5.26 Å². The predicted octanol–water partition coefficient (Wildman–Crippen LogP) is 0.774. The molecule has 0 amide bonds. The van der Waals surface area contributed by atoms with Crippen LogP contribution in [-0.2, 0) is 7.05 Å². The van der Waals surface area contributed by atoms with E-state index in [4.69, 9.17) is 5.26 Å². The third kappa shape index (κ3) is 1.50. The van der Waals surface area contributed by atoms with Gasteiger partial charge in [0.05, 0.1) is 17.1 Å². The predicted molar refractivity (Wildman–Crippen MR) is 78.0 cm³/mol. The molecule has 0 spiro atoms. The highest BCUT2D eigenvalue weighted by molar-refractivity contribution is 5.84. The van der Waals surface area contributed by atoms with Crippen molar-refractivity contribution in [3.05, 3.63) is 47.1 Å². The highest BCUT2D eigenvalue weighted by Crippen LogP contribution is 2.22. The number of rotatable bonds is 1. The third-order valence-electron chi connectivity index (χ3n) is 3.60. The van der Waals surface area contributed by atoms with Gasteiger partial charge >= 0.3 is 0 Å². The summed E-state index contributed by atoms with van der Waals surface area (Å²) < 4.78 is 4.40. The molecule has 0 atom stereocenters. The number of nitriles is 1. The molecule has 4 rings (SSSR count). The van der Waals surface area contributed by atoms with Crippen LogP contribution in [0, 0.1) is 11.5 Å². The third-order valence-corrected chi connectivity index (χ3v) is 3.60. The first-order valence-electron chi connectivity index (χ1n) is 6.48. The molecule has 0 bridgehead atoms. The van der Waals surface area contributed by atoms with E-state index < -0.39 is 0 Å². The molecule has 8 nitrogen and oxygen atoms in total. The van der Waals surface area contributed by atoms with Crippen LogP contribution in [0.5, 0.6) is 0 Å². The summed E-state index contributed by atoms with van der Waals surface area (Å²) in [5.41, 5.74) is 2.21. The van der Waals surface area contributed by atoms with Gasteiger partial charge in [-0.05, 0) is 12.1 Å². The van der Waals surface area contributed by atoms with Crippen molar-refractivity contribution in [3.8, 4) is 17.6 Å². The lowest BCUT2D eigenvalue weighted by atomic mass is 10.2. The minimum atomic E-state index is -0.113. The molecule has 0 saturated heterocycles. The number of hydrogen-bond donors (Lipinski definition) is 0. The molecule has 0 radical (unpaired) electrons. The van der Waals surface area contributed by atoms with Crippen molar-refractivity contribution < 1.29 is 0 Å². The topological polar surface area (TPSA) is 93.8 Å². The first-order chi connectivity index (χ1) is 10.7. The molecule has 0 saturated carbocycles. The second kappa shape index (κ2) is 4.26. The average molecular weight is 291 g/mol. The lowest BCUT2D eigenvalue weighted by molar-refractivity contribution is 0.816. The Kier molecular flexibility index (Phi) is 2.38. The largest absolute Gasteiger partial charge is 0.295 e. The number of imidazole rings is 1. The molecule has 0 unspecified atom stereocenters. The summed E-state index contributed by atoms with van der Waals surface area (Å²) in [5.74, 6) is 0. The zero-order valence-corrected chi connectivity index (χ0v) is 11.5. The first-order valence-corrected chi connectivity index (χ1v) is 6.48. The Labute approximate surface area is 123 Å². The van der Waals surface area contributed by atoms with E-state index in [0.29, 0.717) is 22.4 Å². The normalized spacial score (nSPS) is 11.1. The Balaban J connectivity index is 2.15. The monoisotopic (exact) mass is 291 g/mol. The summed E-state index contributed by atoms with van der Waals surface area (Å²) in [5, 5.41) is 17.1. The van der Waals surface area contributed by atoms with Gasteiger partial charge in [0.1, 0.15) is 23.4 Å². The van der Waals surface area contributed by atoms with Gasteiger partial charge in [-0.1, -0.05) is 17.3 Å². The first kappa shape index (κ1) is 12.3. The second-order valence-electron chi connectivity index (χ2n) is 4.82. The lowest BCUT2D eigenvalue weighted by Crippen LogP contribution is -2.19. The standard InChI is InChI=1S/C14H9N7O/c1-19-13-12(10-6-20(7-15)18-17-10)16-8-21(13)11-5-3-2-4-9(11)14(19)22/h2-6,8H,1H3. The van der Waals surface area contributed by atoms with Crippen LogP contribution in [0.3, 0.4) is 0 Å². The summed E-state index contributed by atoms with van der Waals surface area (Å²) in [6.45, 7) is 0. The molecule has 0 aliphatic rings. The van der Waals surface area contributed by atoms with Gasteiger partial charge in [-0.25, -0.2) is 4.98 Å². The summed E-state index contributed by atoms with van der Waals surface area (Å²) in [6, 6.07) is 7.34. The Bertz CT molecular complexity index is 1130. The number of fused-ring (bicyclic) bond motifs is 3. The van der Waals surface area contributed by atoms with Crippen LogP contribution < -0.4 is 5.56 Å². The SMILES string of the molecule is Cn1c(=O)c2ccccc2n2cnc(-c3cn(C#N)nn3)c12. The smallest absolute Gasteiger partial charge is 0.261 e. The van der Waals surface area contributed by atoms with E-state index in [-0.39, 0.29) is 5.56 Å². The van der Waals surface area contributed by atoms with Gasteiger partial charge in [-0.3, -0.25) is 13.8 Å². The van der Waals surface area contributed by atoms with E-state index in [1.54, 1.807) is 19.4 Å². The Morgan fingerprint density at radius 3 is 2.86 bits per heavy atom. The summed E-state index contributed by atoms with van der Waals surface area (Å²) in [6.07, 6.45) is 4.96. The molecule has 0 N–H and O–H groups in total. The highest BCUT2D eigenvalue weighted by Gasteiger charge is 2.17. The molecule has 0 fully saturated rings. The summed E-state index contributed by atoms with van der Waals surface area (Å²) in [7, 11) is 1.68. The van der Waals surface area contributed by atoms with Gasteiger partial charge in [-0.15, -0.1) is 5.10 Å². The fraction of sp³-hybridized carbons (Fsp3) is 0.0714. The van der Waals surface area contributed by atoms with Crippen LogP contribution >= 0.6 is 0 Å². The van der Waals surface area contributed by atoms with Crippen LogP contribution in [0.1, 0.15) is 0 Å². The fourth-order valence-electron chi connectivity index (χ4n) is 2.58. The zero-order valence-electron chi connectivity index (χ0n) is 11.5. The molecular formula is C14H9N7O. The summed E-state index contributed by atoms with van der Waals surface area (Å²) in [4.78, 5) is 16.9. The van der Waals surface area contributed by atoms with Crippen LogP contribution in [0.4, 0.5) is 0 Å². The Morgan fingerprint density at radius 1 is 1.27 bits per heavy atom. The number of aromatic nitrogens is 6. The molecule has 0 aliphatic carbocycles. The van der Waals surface area contributed by atoms with Crippen LogP contribution in [0.15, 0.2) is 41.6 Å². The number of para-hydroxylation sites is 1. The zero-order chi connectivity index (χ0) is 15.3. The van der Waals surface area contributed by atoms with E-state index >= 15 is 0 Å². The Hall–Kier alpha value is -3.47. The number of hydrogen-bond acceptors (Lipinski definition) is 5. The van der Waals surface area contributed by atoms with Gasteiger partial charge in [-0.2, -0.15) is 9.94 Å². The van der Waals surface area contributed by atoms with Gasteiger partial charge in [0.2, 0.25) is 6.19 Å². The van der Waals surface area contributed by atoms with Crippen molar-refractivity contribution in [3.63, 3.8) is 0 Å². The summed E-state index contributed by atoms with van der Waals surface area (Å²) >= 11 is 0. The molecule has 1 aromatic carbocycles. The van der Waals surface area contributed by atoms with Crippen molar-refractivity contribution in [2.24, 2.45) is 7.05 Å². The van der Waals surface area contributed by atoms with Crippen LogP contribution in [-0.4, -0.2) is 28.9 Å². The van der Waals surface area contributed by atoms with Crippen LogP contribution in [0.25, 0.3) is 27.9 Å². The number of benzene rings is 1. The van der Waals surface area contributed by atoms with Crippen molar-refractivity contribution in [2.45, 2.75) is 0 Å². The molecule has 3 heterocycles.